The van der Waals surface area contributed by atoms with Crippen molar-refractivity contribution in [3.05, 3.63) is 109 Å². The van der Waals surface area contributed by atoms with Gasteiger partial charge in [0.05, 0.1) is 0 Å². The van der Waals surface area contributed by atoms with Gasteiger partial charge in [-0.1, -0.05) is 226 Å². The van der Waals surface area contributed by atoms with E-state index in [2.05, 4.69) is 130 Å². The summed E-state index contributed by atoms with van der Waals surface area (Å²) in [6, 6.07) is 0. The van der Waals surface area contributed by atoms with E-state index < -0.39 is 6.10 Å². The molecule has 0 spiro atoms. The summed E-state index contributed by atoms with van der Waals surface area (Å²) < 4.78 is 16.8. The minimum Gasteiger partial charge on any atom is -0.462 e. The van der Waals surface area contributed by atoms with Gasteiger partial charge in [0.1, 0.15) is 13.2 Å². The third-order valence-electron chi connectivity index (χ3n) is 11.7. The zero-order valence-corrected chi connectivity index (χ0v) is 44.8. The molecule has 0 amide bonds. The van der Waals surface area contributed by atoms with Crippen molar-refractivity contribution in [1.82, 2.24) is 0 Å². The van der Waals surface area contributed by atoms with E-state index in [0.717, 1.165) is 122 Å². The number of hydrogen-bond donors (Lipinski definition) is 0. The Hall–Kier alpha value is -3.93. The summed E-state index contributed by atoms with van der Waals surface area (Å²) in [5.41, 5.74) is 0. The predicted molar refractivity (Wildman–Crippen MR) is 297 cm³/mol. The Kier molecular flexibility index (Phi) is 53.4. The fraction of sp³-hybridized carbons (Fsp3) is 0.667. The SMILES string of the molecule is CC/C=C\C/C=C\C/C=C\C/C=C\C/C=C\CCCC(=O)OC(COC(=O)CCCCCCC/C=C\CCCCCCCCCCC)COC(=O)CCCCCCCC/C=C\C/C=C\C/C=C\CC. The molecular formula is C63H104O6. The lowest BCUT2D eigenvalue weighted by Crippen LogP contribution is -2.30. The smallest absolute Gasteiger partial charge is 0.306 e. The molecule has 0 N–H and O–H groups in total. The lowest BCUT2D eigenvalue weighted by Gasteiger charge is -2.18. The number of ether oxygens (including phenoxy) is 3. The number of carbonyl (C=O) groups excluding carboxylic acids is 3. The van der Waals surface area contributed by atoms with E-state index >= 15 is 0 Å². The van der Waals surface area contributed by atoms with Crippen molar-refractivity contribution in [1.29, 1.82) is 0 Å². The first-order valence-electron chi connectivity index (χ1n) is 28.4. The largest absolute Gasteiger partial charge is 0.462 e. The molecule has 1 atom stereocenters. The van der Waals surface area contributed by atoms with E-state index in [1.165, 1.54) is 83.5 Å². The highest BCUT2D eigenvalue weighted by Gasteiger charge is 2.19. The van der Waals surface area contributed by atoms with Gasteiger partial charge in [-0.15, -0.1) is 0 Å². The first-order valence-corrected chi connectivity index (χ1v) is 28.4. The Labute approximate surface area is 425 Å². The third kappa shape index (κ3) is 54.9. The minimum absolute atomic E-state index is 0.111. The molecule has 392 valence electrons. The minimum atomic E-state index is -0.819. The van der Waals surface area contributed by atoms with Gasteiger partial charge in [-0.05, 0) is 116 Å². The number of allylic oxidation sites excluding steroid dienone is 18. The molecule has 6 heteroatoms. The maximum atomic E-state index is 12.8. The van der Waals surface area contributed by atoms with Crippen molar-refractivity contribution >= 4 is 17.9 Å². The summed E-state index contributed by atoms with van der Waals surface area (Å²) in [6.45, 7) is 6.35. The van der Waals surface area contributed by atoms with Gasteiger partial charge >= 0.3 is 17.9 Å². The summed E-state index contributed by atoms with van der Waals surface area (Å²) in [4.78, 5) is 38.1. The second kappa shape index (κ2) is 56.7. The van der Waals surface area contributed by atoms with Crippen LogP contribution in [0.15, 0.2) is 109 Å². The van der Waals surface area contributed by atoms with Crippen molar-refractivity contribution in [3.8, 4) is 0 Å². The molecule has 6 nitrogen and oxygen atoms in total. The molecule has 0 saturated carbocycles. The van der Waals surface area contributed by atoms with E-state index in [0.29, 0.717) is 19.3 Å². The van der Waals surface area contributed by atoms with Gasteiger partial charge in [-0.2, -0.15) is 0 Å². The van der Waals surface area contributed by atoms with Crippen LogP contribution in [0.4, 0.5) is 0 Å². The van der Waals surface area contributed by atoms with Gasteiger partial charge in [0, 0.05) is 19.3 Å². The average molecular weight is 958 g/mol. The molecule has 69 heavy (non-hydrogen) atoms. The highest BCUT2D eigenvalue weighted by atomic mass is 16.6. The maximum absolute atomic E-state index is 12.8. The zero-order valence-electron chi connectivity index (χ0n) is 44.8. The van der Waals surface area contributed by atoms with Crippen molar-refractivity contribution in [2.45, 2.75) is 258 Å². The highest BCUT2D eigenvalue weighted by Crippen LogP contribution is 2.14. The van der Waals surface area contributed by atoms with Gasteiger partial charge in [0.2, 0.25) is 0 Å². The number of rotatable bonds is 50. The van der Waals surface area contributed by atoms with Crippen LogP contribution in [0, 0.1) is 0 Å². The molecule has 0 aliphatic heterocycles. The van der Waals surface area contributed by atoms with Crippen LogP contribution in [0.1, 0.15) is 252 Å². The molecule has 0 bridgehead atoms. The van der Waals surface area contributed by atoms with Gasteiger partial charge in [-0.3, -0.25) is 14.4 Å². The predicted octanol–water partition coefficient (Wildman–Crippen LogP) is 19.1. The Morgan fingerprint density at radius 1 is 0.304 bits per heavy atom. The fourth-order valence-electron chi connectivity index (χ4n) is 7.55. The van der Waals surface area contributed by atoms with Crippen molar-refractivity contribution < 1.29 is 28.6 Å². The first kappa shape index (κ1) is 65.1. The molecule has 0 radical (unpaired) electrons. The molecular weight excluding hydrogens is 853 g/mol. The Morgan fingerprint density at radius 3 is 0.942 bits per heavy atom. The van der Waals surface area contributed by atoms with E-state index in [9.17, 15) is 14.4 Å². The lowest BCUT2D eigenvalue weighted by molar-refractivity contribution is -0.167. The molecule has 0 aliphatic rings. The van der Waals surface area contributed by atoms with Gasteiger partial charge in [0.15, 0.2) is 6.10 Å². The van der Waals surface area contributed by atoms with Crippen LogP contribution in [-0.2, 0) is 28.6 Å². The standard InChI is InChI=1S/C63H104O6/c1-4-7-10-13-16-19-22-25-28-31-33-35-38-41-44-47-50-53-56-62(65)68-59-60(58-67-61(64)55-52-49-46-43-40-37-34-30-27-24-21-18-15-12-9-6-3)69-63(66)57-54-51-48-45-42-39-36-32-29-26-23-20-17-14-11-8-5-2/h8-9,11-12,17-18,20-21,26-27,29-30,33,35-36,39,45,48,60H,4-7,10,13-16,19,22-25,28,31-32,34,37-38,40-44,46-47,49-59H2,1-3H3/b11-8-,12-9-,20-17-,21-18-,29-26-,30-27-,35-33-,39-36-,48-45-. The van der Waals surface area contributed by atoms with Crippen molar-refractivity contribution in [3.63, 3.8) is 0 Å². The summed E-state index contributed by atoms with van der Waals surface area (Å²) in [7, 11) is 0. The number of carbonyl (C=O) groups is 3. The van der Waals surface area contributed by atoms with E-state index in [4.69, 9.17) is 14.2 Å². The average Bonchev–Trinajstić information content (AvgIpc) is 3.35. The van der Waals surface area contributed by atoms with Crippen molar-refractivity contribution in [2.75, 3.05) is 13.2 Å². The van der Waals surface area contributed by atoms with Crippen LogP contribution in [0.2, 0.25) is 0 Å². The summed E-state index contributed by atoms with van der Waals surface area (Å²) in [5, 5.41) is 0. The third-order valence-corrected chi connectivity index (χ3v) is 11.7. The summed E-state index contributed by atoms with van der Waals surface area (Å²) in [6.07, 6.45) is 76.5. The second-order valence-corrected chi connectivity index (χ2v) is 18.4. The Balaban J connectivity index is 4.51. The van der Waals surface area contributed by atoms with E-state index in [-0.39, 0.29) is 37.5 Å². The second-order valence-electron chi connectivity index (χ2n) is 18.4. The molecule has 0 saturated heterocycles. The maximum Gasteiger partial charge on any atom is 0.306 e. The van der Waals surface area contributed by atoms with Crippen LogP contribution in [0.25, 0.3) is 0 Å². The molecule has 0 rings (SSSR count). The molecule has 0 aliphatic carbocycles. The molecule has 0 fully saturated rings. The molecule has 0 aromatic rings. The van der Waals surface area contributed by atoms with E-state index in [1.807, 2.05) is 0 Å². The fourth-order valence-corrected chi connectivity index (χ4v) is 7.55. The van der Waals surface area contributed by atoms with Crippen LogP contribution in [-0.4, -0.2) is 37.2 Å². The monoisotopic (exact) mass is 957 g/mol. The van der Waals surface area contributed by atoms with Crippen molar-refractivity contribution in [2.24, 2.45) is 0 Å². The molecule has 0 aromatic heterocycles. The number of esters is 3. The van der Waals surface area contributed by atoms with Gasteiger partial charge in [0.25, 0.3) is 0 Å². The van der Waals surface area contributed by atoms with E-state index in [1.54, 1.807) is 0 Å². The normalized spacial score (nSPS) is 12.9. The number of hydrogen-bond acceptors (Lipinski definition) is 6. The van der Waals surface area contributed by atoms with Crippen LogP contribution in [0.3, 0.4) is 0 Å². The van der Waals surface area contributed by atoms with Gasteiger partial charge < -0.3 is 14.2 Å². The summed E-state index contributed by atoms with van der Waals surface area (Å²) in [5.74, 6) is -0.990. The number of unbranched alkanes of at least 4 members (excludes halogenated alkanes) is 21. The van der Waals surface area contributed by atoms with Crippen LogP contribution in [0.5, 0.6) is 0 Å². The van der Waals surface area contributed by atoms with Crippen LogP contribution >= 0.6 is 0 Å². The molecule has 0 heterocycles. The quantitative estimate of drug-likeness (QED) is 0.0262. The first-order chi connectivity index (χ1) is 34.0. The van der Waals surface area contributed by atoms with Gasteiger partial charge in [-0.25, -0.2) is 0 Å². The Morgan fingerprint density at radius 2 is 0.580 bits per heavy atom. The highest BCUT2D eigenvalue weighted by molar-refractivity contribution is 5.71. The zero-order chi connectivity index (χ0) is 50.0. The topological polar surface area (TPSA) is 78.9 Å². The Bertz CT molecular complexity index is 1420. The molecule has 0 aromatic carbocycles. The van der Waals surface area contributed by atoms with Crippen LogP contribution < -0.4 is 0 Å². The molecule has 1 unspecified atom stereocenters. The lowest BCUT2D eigenvalue weighted by atomic mass is 10.1. The summed E-state index contributed by atoms with van der Waals surface area (Å²) >= 11 is 0.